The third kappa shape index (κ3) is 2.70. The zero-order valence-electron chi connectivity index (χ0n) is 14.3. The van der Waals surface area contributed by atoms with E-state index in [1.54, 1.807) is 6.92 Å². The molecule has 2 bridgehead atoms. The van der Waals surface area contributed by atoms with Gasteiger partial charge in [-0.2, -0.15) is 0 Å². The van der Waals surface area contributed by atoms with E-state index in [-0.39, 0.29) is 6.61 Å². The summed E-state index contributed by atoms with van der Waals surface area (Å²) in [5.74, 6) is 0. The standard InChI is InChI=1S/C15H26N2O5Si/c1-11(18)10-22-15(12(2)16,23(19-3,20-4)21-5)17-13-6-7-14(17)9-8-13/h6-9,11-12,18H,10,16H2,1-5H3. The number of hydrogen-bond acceptors (Lipinski definition) is 6. The first kappa shape index (κ1) is 18.3. The van der Waals surface area contributed by atoms with Crippen molar-refractivity contribution >= 4 is 19.8 Å². The summed E-state index contributed by atoms with van der Waals surface area (Å²) in [5.41, 5.74) is 8.21. The predicted octanol–water partition coefficient (Wildman–Crippen LogP) is 0.894. The molecule has 0 radical (unpaired) electrons. The maximum Gasteiger partial charge on any atom is 0.558 e. The van der Waals surface area contributed by atoms with Gasteiger partial charge in [-0.3, -0.25) is 0 Å². The smallest absolute Gasteiger partial charge is 0.391 e. The molecule has 0 amide bonds. The minimum atomic E-state index is -3.39. The van der Waals surface area contributed by atoms with Gasteiger partial charge in [-0.25, -0.2) is 0 Å². The van der Waals surface area contributed by atoms with Crippen molar-refractivity contribution in [1.29, 1.82) is 0 Å². The molecular formula is C15H26N2O5Si. The maximum atomic E-state index is 9.74. The lowest BCUT2D eigenvalue weighted by atomic mass is 10.3. The summed E-state index contributed by atoms with van der Waals surface area (Å²) in [6, 6.07) is 7.37. The normalized spacial score (nSPS) is 18.2. The van der Waals surface area contributed by atoms with E-state index in [2.05, 4.69) is 0 Å². The van der Waals surface area contributed by atoms with E-state index in [9.17, 15) is 5.11 Å². The average Bonchev–Trinajstić information content (AvgIpc) is 3.12. The SMILES string of the molecule is CO[Si](OC)(OC)C(OCC(C)O)(C(C)N)n1c2ccc1cc2. The summed E-state index contributed by atoms with van der Waals surface area (Å²) in [5, 5.41) is 8.54. The van der Waals surface area contributed by atoms with Crippen molar-refractivity contribution in [1.82, 2.24) is 4.57 Å². The fraction of sp³-hybridized carbons (Fsp3) is 0.600. The van der Waals surface area contributed by atoms with Crippen LogP contribution in [0.5, 0.6) is 0 Å². The summed E-state index contributed by atoms with van der Waals surface area (Å²) in [4.78, 5) is 0. The Morgan fingerprint density at radius 1 is 1.09 bits per heavy atom. The van der Waals surface area contributed by atoms with Crippen LogP contribution in [0.4, 0.5) is 0 Å². The van der Waals surface area contributed by atoms with E-state index < -0.39 is 26.3 Å². The molecule has 0 fully saturated rings. The van der Waals surface area contributed by atoms with Gasteiger partial charge in [-0.1, -0.05) is 0 Å². The predicted molar refractivity (Wildman–Crippen MR) is 89.2 cm³/mol. The second kappa shape index (κ2) is 6.86. The summed E-state index contributed by atoms with van der Waals surface area (Å²) in [6.07, 6.45) is -0.665. The van der Waals surface area contributed by atoms with E-state index >= 15 is 0 Å². The number of benzene rings is 1. The molecule has 0 aliphatic carbocycles. The van der Waals surface area contributed by atoms with Crippen molar-refractivity contribution in [2.45, 2.75) is 31.3 Å². The van der Waals surface area contributed by atoms with Gasteiger partial charge in [0.05, 0.1) is 18.8 Å². The molecule has 3 unspecified atom stereocenters. The van der Waals surface area contributed by atoms with Crippen molar-refractivity contribution in [2.24, 2.45) is 5.73 Å². The highest BCUT2D eigenvalue weighted by Crippen LogP contribution is 2.39. The van der Waals surface area contributed by atoms with Crippen LogP contribution in [0.1, 0.15) is 13.8 Å². The Hall–Kier alpha value is -1.00. The molecule has 0 aromatic carbocycles. The van der Waals surface area contributed by atoms with Gasteiger partial charge in [0.25, 0.3) is 0 Å². The molecule has 2 heterocycles. The number of nitrogens with zero attached hydrogens (tertiary/aromatic N) is 1. The Kier molecular flexibility index (Phi) is 5.47. The molecule has 7 nitrogen and oxygen atoms in total. The number of aliphatic hydroxyl groups is 1. The number of aromatic nitrogens is 1. The van der Waals surface area contributed by atoms with Gasteiger partial charge >= 0.3 is 8.80 Å². The van der Waals surface area contributed by atoms with Gasteiger partial charge in [0.15, 0.2) is 0 Å². The minimum absolute atomic E-state index is 0.0728. The number of hydrogen-bond donors (Lipinski definition) is 2. The second-order valence-corrected chi connectivity index (χ2v) is 8.72. The van der Waals surface area contributed by atoms with E-state index in [4.69, 9.17) is 23.7 Å². The minimum Gasteiger partial charge on any atom is -0.391 e. The van der Waals surface area contributed by atoms with Gasteiger partial charge in [0.2, 0.25) is 5.35 Å². The first-order chi connectivity index (χ1) is 10.9. The summed E-state index contributed by atoms with van der Waals surface area (Å²) < 4.78 is 25.3. The van der Waals surface area contributed by atoms with Crippen LogP contribution in [0, 0.1) is 0 Å². The van der Waals surface area contributed by atoms with Crippen LogP contribution in [0.15, 0.2) is 24.3 Å². The molecule has 0 aliphatic rings. The summed E-state index contributed by atoms with van der Waals surface area (Å²) in [7, 11) is 1.18. The lowest BCUT2D eigenvalue weighted by Crippen LogP contribution is -2.72. The van der Waals surface area contributed by atoms with E-state index in [0.29, 0.717) is 0 Å². The molecule has 2 aromatic heterocycles. The van der Waals surface area contributed by atoms with Crippen molar-refractivity contribution < 1.29 is 23.1 Å². The van der Waals surface area contributed by atoms with Crippen molar-refractivity contribution in [3.63, 3.8) is 0 Å². The fourth-order valence-electron chi connectivity index (χ4n) is 3.12. The third-order valence-electron chi connectivity index (χ3n) is 4.10. The maximum absolute atomic E-state index is 9.74. The van der Waals surface area contributed by atoms with Crippen LogP contribution in [-0.4, -0.2) is 58.6 Å². The Bertz CT molecular complexity index is 557. The summed E-state index contributed by atoms with van der Waals surface area (Å²) >= 11 is 0. The molecule has 130 valence electrons. The molecule has 0 saturated carbocycles. The second-order valence-electron chi connectivity index (χ2n) is 5.67. The van der Waals surface area contributed by atoms with Crippen molar-refractivity contribution in [2.75, 3.05) is 27.9 Å². The Labute approximate surface area is 137 Å². The quantitative estimate of drug-likeness (QED) is 0.658. The summed E-state index contributed by atoms with van der Waals surface area (Å²) in [6.45, 7) is 3.54. The highest BCUT2D eigenvalue weighted by Gasteiger charge is 2.66. The lowest BCUT2D eigenvalue weighted by molar-refractivity contribution is -0.130. The third-order valence-corrected chi connectivity index (χ3v) is 7.42. The Balaban J connectivity index is 2.70. The van der Waals surface area contributed by atoms with E-state index in [1.165, 1.54) is 21.3 Å². The average molecular weight is 342 g/mol. The zero-order valence-corrected chi connectivity index (χ0v) is 15.3. The molecule has 23 heavy (non-hydrogen) atoms. The van der Waals surface area contributed by atoms with Gasteiger partial charge in [0.1, 0.15) is 0 Å². The Morgan fingerprint density at radius 2 is 1.52 bits per heavy atom. The monoisotopic (exact) mass is 342 g/mol. The highest BCUT2D eigenvalue weighted by atomic mass is 28.4. The van der Waals surface area contributed by atoms with Crippen LogP contribution in [0.25, 0.3) is 11.0 Å². The molecule has 0 saturated heterocycles. The number of fused-ring (bicyclic) bond motifs is 2. The Morgan fingerprint density at radius 3 is 1.83 bits per heavy atom. The fourth-order valence-corrected chi connectivity index (χ4v) is 5.85. The van der Waals surface area contributed by atoms with Gasteiger partial charge in [-0.05, 0) is 38.1 Å². The van der Waals surface area contributed by atoms with Crippen LogP contribution in [0.2, 0.25) is 0 Å². The first-order valence-electron chi connectivity index (χ1n) is 7.52. The molecule has 0 spiro atoms. The number of ether oxygens (including phenoxy) is 1. The molecule has 3 atom stereocenters. The van der Waals surface area contributed by atoms with Gasteiger partial charge < -0.3 is 33.4 Å². The van der Waals surface area contributed by atoms with Crippen LogP contribution >= 0.6 is 0 Å². The number of nitrogens with two attached hydrogens (primary N) is 1. The molecule has 8 heteroatoms. The largest absolute Gasteiger partial charge is 0.558 e. The molecule has 0 aliphatic heterocycles. The van der Waals surface area contributed by atoms with Gasteiger partial charge in [-0.15, -0.1) is 0 Å². The van der Waals surface area contributed by atoms with E-state index in [1.807, 2.05) is 35.8 Å². The topological polar surface area (TPSA) is 88.1 Å². The molecule has 3 N–H and O–H groups in total. The molecule has 2 aromatic rings. The van der Waals surface area contributed by atoms with E-state index in [0.717, 1.165) is 11.0 Å². The lowest BCUT2D eigenvalue weighted by Gasteiger charge is -2.46. The van der Waals surface area contributed by atoms with Crippen molar-refractivity contribution in [3.05, 3.63) is 24.3 Å². The highest BCUT2D eigenvalue weighted by molar-refractivity contribution is 6.63. The van der Waals surface area contributed by atoms with Crippen molar-refractivity contribution in [3.8, 4) is 0 Å². The molecular weight excluding hydrogens is 316 g/mol. The number of aliphatic hydroxyl groups excluding tert-OH is 1. The van der Waals surface area contributed by atoms with Crippen LogP contribution in [0.3, 0.4) is 0 Å². The van der Waals surface area contributed by atoms with Crippen LogP contribution in [-0.2, 0) is 23.4 Å². The molecule has 2 rings (SSSR count). The van der Waals surface area contributed by atoms with Crippen LogP contribution < -0.4 is 5.73 Å². The number of rotatable bonds is 9. The van der Waals surface area contributed by atoms with Gasteiger partial charge in [0, 0.05) is 32.4 Å². The first-order valence-corrected chi connectivity index (χ1v) is 9.24. The zero-order chi connectivity index (χ0) is 17.3.